The third-order valence-electron chi connectivity index (χ3n) is 3.92. The largest absolute Gasteiger partial charge is 0.497 e. The Morgan fingerprint density at radius 2 is 2.08 bits per heavy atom. The summed E-state index contributed by atoms with van der Waals surface area (Å²) in [6.45, 7) is 1.92. The van der Waals surface area contributed by atoms with Crippen molar-refractivity contribution in [1.29, 1.82) is 0 Å². The number of nitrogens with one attached hydrogen (secondary N) is 1. The highest BCUT2D eigenvalue weighted by atomic mass is 19.1. The van der Waals surface area contributed by atoms with E-state index in [1.54, 1.807) is 19.2 Å². The first-order valence-corrected chi connectivity index (χ1v) is 7.82. The van der Waals surface area contributed by atoms with Crippen LogP contribution in [0.25, 0.3) is 0 Å². The van der Waals surface area contributed by atoms with Gasteiger partial charge in [0.15, 0.2) is 0 Å². The molecule has 2 aromatic carbocycles. The number of halogens is 1. The predicted octanol–water partition coefficient (Wildman–Crippen LogP) is 3.14. The molecule has 0 spiro atoms. The summed E-state index contributed by atoms with van der Waals surface area (Å²) in [7, 11) is 1.61. The van der Waals surface area contributed by atoms with Gasteiger partial charge < -0.3 is 15.2 Å². The minimum Gasteiger partial charge on any atom is -0.497 e. The van der Waals surface area contributed by atoms with Crippen LogP contribution in [-0.2, 0) is 17.9 Å². The lowest BCUT2D eigenvalue weighted by Gasteiger charge is -2.13. The monoisotopic (exact) mass is 331 g/mol. The van der Waals surface area contributed by atoms with Crippen molar-refractivity contribution >= 4 is 5.91 Å². The van der Waals surface area contributed by atoms with Crippen molar-refractivity contribution in [2.45, 2.75) is 32.4 Å². The molecule has 0 saturated heterocycles. The van der Waals surface area contributed by atoms with Crippen molar-refractivity contribution in [2.24, 2.45) is 0 Å². The summed E-state index contributed by atoms with van der Waals surface area (Å²) in [4.78, 5) is 12.1. The number of methoxy groups -OCH3 is 1. The summed E-state index contributed by atoms with van der Waals surface area (Å²) in [6, 6.07) is 12.1. The second-order valence-electron chi connectivity index (χ2n) is 5.74. The molecule has 0 aliphatic heterocycles. The molecule has 2 N–H and O–H groups in total. The first kappa shape index (κ1) is 17.9. The van der Waals surface area contributed by atoms with Crippen molar-refractivity contribution in [3.8, 4) is 5.75 Å². The number of aliphatic hydroxyl groups is 1. The minimum atomic E-state index is -0.445. The number of carbonyl (C=O) groups excluding carboxylic acids is 1. The van der Waals surface area contributed by atoms with E-state index in [1.807, 2.05) is 31.2 Å². The average molecular weight is 331 g/mol. The number of ether oxygens (including phenoxy) is 1. The number of hydrogen-bond donors (Lipinski definition) is 2. The summed E-state index contributed by atoms with van der Waals surface area (Å²) < 4.78 is 18.5. The zero-order valence-electron chi connectivity index (χ0n) is 13.9. The van der Waals surface area contributed by atoms with Gasteiger partial charge in [-0.3, -0.25) is 4.79 Å². The molecular weight excluding hydrogens is 309 g/mol. The van der Waals surface area contributed by atoms with Crippen LogP contribution in [0.5, 0.6) is 5.75 Å². The fraction of sp³-hybridized carbons (Fsp3) is 0.316. The highest BCUT2D eigenvalue weighted by Gasteiger charge is 2.12. The predicted molar refractivity (Wildman–Crippen MR) is 90.2 cm³/mol. The number of benzene rings is 2. The Bertz CT molecular complexity index is 703. The smallest absolute Gasteiger partial charge is 0.220 e. The van der Waals surface area contributed by atoms with E-state index >= 15 is 0 Å². The lowest BCUT2D eigenvalue weighted by molar-refractivity contribution is -0.121. The molecule has 0 aliphatic rings. The summed E-state index contributed by atoms with van der Waals surface area (Å²) in [5.74, 6) is 0.295. The average Bonchev–Trinajstić information content (AvgIpc) is 2.61. The Morgan fingerprint density at radius 3 is 2.79 bits per heavy atom. The van der Waals surface area contributed by atoms with Crippen molar-refractivity contribution in [3.05, 3.63) is 65.0 Å². The Hall–Kier alpha value is -2.40. The summed E-state index contributed by atoms with van der Waals surface area (Å²) in [6.07, 6.45) is 0.348. The van der Waals surface area contributed by atoms with Crippen molar-refractivity contribution < 1.29 is 19.0 Å². The number of carbonyl (C=O) groups is 1. The number of aliphatic hydroxyl groups excluding tert-OH is 1. The van der Waals surface area contributed by atoms with E-state index in [2.05, 4.69) is 5.32 Å². The van der Waals surface area contributed by atoms with Gasteiger partial charge in [0.2, 0.25) is 5.91 Å². The number of rotatable bonds is 7. The highest BCUT2D eigenvalue weighted by molar-refractivity contribution is 5.76. The summed E-state index contributed by atoms with van der Waals surface area (Å²) in [5, 5.41) is 11.9. The second-order valence-corrected chi connectivity index (χ2v) is 5.74. The van der Waals surface area contributed by atoms with E-state index in [9.17, 15) is 9.18 Å². The van der Waals surface area contributed by atoms with E-state index in [0.717, 1.165) is 16.9 Å². The van der Waals surface area contributed by atoms with E-state index in [-0.39, 0.29) is 24.0 Å². The van der Waals surface area contributed by atoms with Crippen LogP contribution in [0.4, 0.5) is 4.39 Å². The molecule has 0 heterocycles. The Labute approximate surface area is 141 Å². The number of hydrogen-bond acceptors (Lipinski definition) is 3. The van der Waals surface area contributed by atoms with Gasteiger partial charge in [-0.2, -0.15) is 0 Å². The Kier molecular flexibility index (Phi) is 6.32. The third-order valence-corrected chi connectivity index (χ3v) is 3.92. The zero-order valence-corrected chi connectivity index (χ0v) is 13.9. The van der Waals surface area contributed by atoms with Crippen LogP contribution in [0.15, 0.2) is 42.5 Å². The molecule has 2 aromatic rings. The second kappa shape index (κ2) is 8.45. The number of amides is 1. The normalized spacial score (nSPS) is 11.8. The van der Waals surface area contributed by atoms with Crippen LogP contribution in [0.1, 0.15) is 36.0 Å². The Morgan fingerprint density at radius 1 is 1.29 bits per heavy atom. The Balaban J connectivity index is 1.90. The molecule has 4 nitrogen and oxygen atoms in total. The van der Waals surface area contributed by atoms with Crippen molar-refractivity contribution in [2.75, 3.05) is 7.11 Å². The molecule has 0 saturated carbocycles. The van der Waals surface area contributed by atoms with Gasteiger partial charge in [-0.25, -0.2) is 4.39 Å². The van der Waals surface area contributed by atoms with Gasteiger partial charge in [0.05, 0.1) is 13.7 Å². The lowest BCUT2D eigenvalue weighted by atomic mass is 9.97. The molecule has 24 heavy (non-hydrogen) atoms. The maximum atomic E-state index is 13.3. The maximum Gasteiger partial charge on any atom is 0.220 e. The van der Waals surface area contributed by atoms with Gasteiger partial charge >= 0.3 is 0 Å². The molecule has 0 bridgehead atoms. The third kappa shape index (κ3) is 4.80. The molecule has 0 aliphatic carbocycles. The van der Waals surface area contributed by atoms with Crippen LogP contribution in [0, 0.1) is 5.82 Å². The topological polar surface area (TPSA) is 58.6 Å². The molecule has 5 heteroatoms. The highest BCUT2D eigenvalue weighted by Crippen LogP contribution is 2.23. The van der Waals surface area contributed by atoms with Crippen LogP contribution in [0.3, 0.4) is 0 Å². The van der Waals surface area contributed by atoms with Gasteiger partial charge in [-0.15, -0.1) is 0 Å². The first-order chi connectivity index (χ1) is 11.5. The molecule has 128 valence electrons. The minimum absolute atomic E-state index is 0.0568. The van der Waals surface area contributed by atoms with Crippen LogP contribution < -0.4 is 10.1 Å². The zero-order chi connectivity index (χ0) is 17.5. The molecule has 0 aromatic heterocycles. The van der Waals surface area contributed by atoms with Gasteiger partial charge in [0.25, 0.3) is 0 Å². The van der Waals surface area contributed by atoms with Crippen LogP contribution >= 0.6 is 0 Å². The molecule has 1 amide bonds. The SMILES string of the molecule is COc1cccc(C(C)CC(=O)NCc2ccc(F)c(CO)c2)c1. The van der Waals surface area contributed by atoms with E-state index in [0.29, 0.717) is 13.0 Å². The lowest BCUT2D eigenvalue weighted by Crippen LogP contribution is -2.24. The van der Waals surface area contributed by atoms with Gasteiger partial charge in [-0.05, 0) is 41.3 Å². The van der Waals surface area contributed by atoms with E-state index in [1.165, 1.54) is 6.07 Å². The van der Waals surface area contributed by atoms with Crippen LogP contribution in [0.2, 0.25) is 0 Å². The van der Waals surface area contributed by atoms with Crippen molar-refractivity contribution in [3.63, 3.8) is 0 Å². The standard InChI is InChI=1S/C19H22FNO3/c1-13(15-4-3-5-17(10-15)24-2)8-19(23)21-11-14-6-7-18(20)16(9-14)12-22/h3-7,9-10,13,22H,8,11-12H2,1-2H3,(H,21,23). The van der Waals surface area contributed by atoms with Gasteiger partial charge in [0, 0.05) is 18.5 Å². The summed E-state index contributed by atoms with van der Waals surface area (Å²) >= 11 is 0. The van der Waals surface area contributed by atoms with Gasteiger partial charge in [0.1, 0.15) is 11.6 Å². The van der Waals surface area contributed by atoms with E-state index < -0.39 is 5.82 Å². The van der Waals surface area contributed by atoms with E-state index in [4.69, 9.17) is 9.84 Å². The fourth-order valence-corrected chi connectivity index (χ4v) is 2.48. The summed E-state index contributed by atoms with van der Waals surface area (Å²) in [5.41, 5.74) is 2.02. The molecular formula is C19H22FNO3. The maximum absolute atomic E-state index is 13.3. The molecule has 0 radical (unpaired) electrons. The molecule has 1 unspecified atom stereocenters. The first-order valence-electron chi connectivity index (χ1n) is 7.82. The molecule has 1 atom stereocenters. The van der Waals surface area contributed by atoms with Crippen LogP contribution in [-0.4, -0.2) is 18.1 Å². The van der Waals surface area contributed by atoms with Crippen molar-refractivity contribution in [1.82, 2.24) is 5.32 Å². The molecule has 0 fully saturated rings. The fourth-order valence-electron chi connectivity index (χ4n) is 2.48. The quantitative estimate of drug-likeness (QED) is 0.819. The van der Waals surface area contributed by atoms with Gasteiger partial charge in [-0.1, -0.05) is 25.1 Å². The molecule has 2 rings (SSSR count).